The first-order valence-electron chi connectivity index (χ1n) is 6.92. The molecule has 0 radical (unpaired) electrons. The summed E-state index contributed by atoms with van der Waals surface area (Å²) in [4.78, 5) is 23.7. The zero-order valence-corrected chi connectivity index (χ0v) is 12.3. The summed E-state index contributed by atoms with van der Waals surface area (Å²) in [5.74, 6) is -0.519. The molecule has 1 unspecified atom stereocenters. The van der Waals surface area contributed by atoms with Crippen LogP contribution in [0.5, 0.6) is 0 Å². The first-order valence-corrected chi connectivity index (χ1v) is 6.92. The van der Waals surface area contributed by atoms with Crippen molar-refractivity contribution in [1.82, 2.24) is 0 Å². The van der Waals surface area contributed by atoms with Crippen LogP contribution < -0.4 is 0 Å². The number of esters is 2. The summed E-state index contributed by atoms with van der Waals surface area (Å²) in [6, 6.07) is 0. The molecule has 108 valence electrons. The molecular weight excluding hydrogens is 244 g/mol. The number of allylic oxidation sites excluding steroid dienone is 1. The minimum absolute atomic E-state index is 0.101. The van der Waals surface area contributed by atoms with Crippen LogP contribution in [0, 0.1) is 5.92 Å². The second-order valence-electron chi connectivity index (χ2n) is 5.80. The summed E-state index contributed by atoms with van der Waals surface area (Å²) in [6.45, 7) is 7.76. The van der Waals surface area contributed by atoms with Crippen LogP contribution in [-0.2, 0) is 19.1 Å². The van der Waals surface area contributed by atoms with Crippen LogP contribution in [0.3, 0.4) is 0 Å². The minimum Gasteiger partial charge on any atom is -0.466 e. The minimum atomic E-state index is -0.481. The highest BCUT2D eigenvalue weighted by molar-refractivity contribution is 5.89. The Morgan fingerprint density at radius 3 is 2.58 bits per heavy atom. The van der Waals surface area contributed by atoms with Gasteiger partial charge in [0.25, 0.3) is 0 Å². The third-order valence-electron chi connectivity index (χ3n) is 2.95. The van der Waals surface area contributed by atoms with E-state index < -0.39 is 5.60 Å². The van der Waals surface area contributed by atoms with E-state index in [4.69, 9.17) is 9.47 Å². The molecule has 0 fully saturated rings. The van der Waals surface area contributed by atoms with E-state index in [0.717, 1.165) is 12.8 Å². The molecule has 19 heavy (non-hydrogen) atoms. The van der Waals surface area contributed by atoms with Crippen molar-refractivity contribution in [3.63, 3.8) is 0 Å². The molecule has 4 nitrogen and oxygen atoms in total. The summed E-state index contributed by atoms with van der Waals surface area (Å²) >= 11 is 0. The molecule has 4 heteroatoms. The van der Waals surface area contributed by atoms with E-state index in [2.05, 4.69) is 0 Å². The molecule has 0 saturated carbocycles. The van der Waals surface area contributed by atoms with Crippen LogP contribution in [0.2, 0.25) is 0 Å². The van der Waals surface area contributed by atoms with Crippen LogP contribution in [0.15, 0.2) is 11.6 Å². The lowest BCUT2D eigenvalue weighted by molar-refractivity contribution is -0.151. The van der Waals surface area contributed by atoms with Gasteiger partial charge in [-0.25, -0.2) is 4.79 Å². The summed E-state index contributed by atoms with van der Waals surface area (Å²) in [5, 5.41) is 0. The van der Waals surface area contributed by atoms with E-state index >= 15 is 0 Å². The van der Waals surface area contributed by atoms with Crippen LogP contribution >= 0.6 is 0 Å². The smallest absolute Gasteiger partial charge is 0.334 e. The fourth-order valence-corrected chi connectivity index (χ4v) is 2.06. The van der Waals surface area contributed by atoms with Gasteiger partial charge in [0.05, 0.1) is 12.5 Å². The molecule has 0 heterocycles. The van der Waals surface area contributed by atoms with Crippen molar-refractivity contribution in [3.8, 4) is 0 Å². The first-order chi connectivity index (χ1) is 8.83. The number of rotatable bonds is 3. The predicted molar refractivity (Wildman–Crippen MR) is 72.5 cm³/mol. The Morgan fingerprint density at radius 1 is 1.32 bits per heavy atom. The van der Waals surface area contributed by atoms with Gasteiger partial charge in [-0.1, -0.05) is 6.08 Å². The SMILES string of the molecule is CCOC(=O)C1CCC=C(C(=O)OC(C)(C)C)CC1. The second-order valence-corrected chi connectivity index (χ2v) is 5.80. The van der Waals surface area contributed by atoms with E-state index in [0.29, 0.717) is 25.0 Å². The highest BCUT2D eigenvalue weighted by atomic mass is 16.6. The number of carbonyl (C=O) groups excluding carboxylic acids is 2. The van der Waals surface area contributed by atoms with Gasteiger partial charge in [0.15, 0.2) is 0 Å². The molecule has 0 aliphatic heterocycles. The van der Waals surface area contributed by atoms with Crippen LogP contribution in [0.25, 0.3) is 0 Å². The first kappa shape index (κ1) is 15.7. The highest BCUT2D eigenvalue weighted by Crippen LogP contribution is 2.25. The van der Waals surface area contributed by atoms with E-state index in [9.17, 15) is 9.59 Å². The monoisotopic (exact) mass is 268 g/mol. The Bertz CT molecular complexity index is 363. The Kier molecular flexibility index (Phi) is 5.58. The molecule has 0 N–H and O–H groups in total. The lowest BCUT2D eigenvalue weighted by atomic mass is 9.99. The molecule has 0 spiro atoms. The molecule has 1 aliphatic carbocycles. The lowest BCUT2D eigenvalue weighted by Gasteiger charge is -2.20. The Labute approximate surface area is 115 Å². The third kappa shape index (κ3) is 5.45. The van der Waals surface area contributed by atoms with Gasteiger partial charge in [-0.2, -0.15) is 0 Å². The molecule has 1 aliphatic rings. The average molecular weight is 268 g/mol. The maximum Gasteiger partial charge on any atom is 0.334 e. The standard InChI is InChI=1S/C15H24O4/c1-5-18-13(16)11-7-6-8-12(10-9-11)14(17)19-15(2,3)4/h8,11H,5-7,9-10H2,1-4H3. The van der Waals surface area contributed by atoms with Gasteiger partial charge in [0, 0.05) is 5.57 Å². The number of carbonyl (C=O) groups is 2. The molecule has 0 amide bonds. The number of hydrogen-bond acceptors (Lipinski definition) is 4. The zero-order chi connectivity index (χ0) is 14.5. The van der Waals surface area contributed by atoms with Gasteiger partial charge < -0.3 is 9.47 Å². The van der Waals surface area contributed by atoms with Crippen molar-refractivity contribution in [2.45, 2.75) is 59.0 Å². The van der Waals surface area contributed by atoms with Gasteiger partial charge in [-0.05, 0) is 53.4 Å². The number of hydrogen-bond donors (Lipinski definition) is 0. The highest BCUT2D eigenvalue weighted by Gasteiger charge is 2.26. The number of ether oxygens (including phenoxy) is 2. The normalized spacial score (nSPS) is 20.2. The zero-order valence-electron chi connectivity index (χ0n) is 12.3. The maximum atomic E-state index is 12.0. The fraction of sp³-hybridized carbons (Fsp3) is 0.733. The molecule has 0 bridgehead atoms. The van der Waals surface area contributed by atoms with Crippen molar-refractivity contribution in [1.29, 1.82) is 0 Å². The molecule has 0 aromatic rings. The van der Waals surface area contributed by atoms with Gasteiger partial charge in [-0.3, -0.25) is 4.79 Å². The Morgan fingerprint density at radius 2 is 2.00 bits per heavy atom. The van der Waals surface area contributed by atoms with Crippen molar-refractivity contribution in [2.75, 3.05) is 6.61 Å². The van der Waals surface area contributed by atoms with Crippen LogP contribution in [0.4, 0.5) is 0 Å². The summed E-state index contributed by atoms with van der Waals surface area (Å²) in [5.41, 5.74) is 0.201. The van der Waals surface area contributed by atoms with Gasteiger partial charge in [0.2, 0.25) is 0 Å². The Hall–Kier alpha value is -1.32. The lowest BCUT2D eigenvalue weighted by Crippen LogP contribution is -2.25. The predicted octanol–water partition coefficient (Wildman–Crippen LogP) is 3.01. The van der Waals surface area contributed by atoms with Gasteiger partial charge in [-0.15, -0.1) is 0 Å². The molecule has 0 saturated heterocycles. The third-order valence-corrected chi connectivity index (χ3v) is 2.95. The summed E-state index contributed by atoms with van der Waals surface area (Å²) in [6.07, 6.45) is 4.60. The molecule has 0 aromatic carbocycles. The molecule has 1 rings (SSSR count). The average Bonchev–Trinajstić information content (AvgIpc) is 2.52. The topological polar surface area (TPSA) is 52.6 Å². The van der Waals surface area contributed by atoms with Crippen molar-refractivity contribution >= 4 is 11.9 Å². The van der Waals surface area contributed by atoms with Gasteiger partial charge >= 0.3 is 11.9 Å². The maximum absolute atomic E-state index is 12.0. The van der Waals surface area contributed by atoms with Crippen molar-refractivity contribution in [3.05, 3.63) is 11.6 Å². The van der Waals surface area contributed by atoms with Gasteiger partial charge in [0.1, 0.15) is 5.60 Å². The fourth-order valence-electron chi connectivity index (χ4n) is 2.06. The van der Waals surface area contributed by atoms with E-state index in [1.54, 1.807) is 6.92 Å². The molecular formula is C15H24O4. The van der Waals surface area contributed by atoms with E-state index in [-0.39, 0.29) is 17.9 Å². The largest absolute Gasteiger partial charge is 0.466 e. The van der Waals surface area contributed by atoms with Crippen LogP contribution in [0.1, 0.15) is 53.4 Å². The van der Waals surface area contributed by atoms with E-state index in [1.807, 2.05) is 26.8 Å². The summed E-state index contributed by atoms with van der Waals surface area (Å²) < 4.78 is 10.4. The van der Waals surface area contributed by atoms with Crippen molar-refractivity contribution in [2.24, 2.45) is 5.92 Å². The second kappa shape index (κ2) is 6.73. The molecule has 1 atom stereocenters. The van der Waals surface area contributed by atoms with Crippen molar-refractivity contribution < 1.29 is 19.1 Å². The molecule has 0 aromatic heterocycles. The summed E-state index contributed by atoms with van der Waals surface area (Å²) in [7, 11) is 0. The quantitative estimate of drug-likeness (QED) is 0.738. The van der Waals surface area contributed by atoms with E-state index in [1.165, 1.54) is 0 Å². The Balaban J connectivity index is 2.55. The van der Waals surface area contributed by atoms with Crippen LogP contribution in [-0.4, -0.2) is 24.1 Å².